The van der Waals surface area contributed by atoms with Crippen molar-refractivity contribution in [3.05, 3.63) is 59.7 Å². The Balaban J connectivity index is 0.00000320. The molecule has 3 N–H and O–H groups in total. The highest BCUT2D eigenvalue weighted by Gasteiger charge is 2.21. The first kappa shape index (κ1) is 24.3. The lowest BCUT2D eigenvalue weighted by atomic mass is 10.0. The number of ether oxygens (including phenoxy) is 2. The van der Waals surface area contributed by atoms with Crippen LogP contribution < -0.4 is 20.5 Å². The molecule has 0 saturated heterocycles. The number of fused-ring (bicyclic) bond motifs is 1. The molecule has 0 aliphatic carbocycles. The summed E-state index contributed by atoms with van der Waals surface area (Å²) in [7, 11) is 0. The van der Waals surface area contributed by atoms with Crippen LogP contribution in [-0.4, -0.2) is 43.7 Å². The molecule has 0 bridgehead atoms. The zero-order chi connectivity index (χ0) is 20.5. The van der Waals surface area contributed by atoms with E-state index >= 15 is 0 Å². The summed E-state index contributed by atoms with van der Waals surface area (Å²) in [6.45, 7) is 9.28. The lowest BCUT2D eigenvalue weighted by Crippen LogP contribution is -2.37. The predicted octanol–water partition coefficient (Wildman–Crippen LogP) is 3.95. The monoisotopic (exact) mass is 524 g/mol. The Morgan fingerprint density at radius 3 is 2.63 bits per heavy atom. The summed E-state index contributed by atoms with van der Waals surface area (Å²) >= 11 is 0. The van der Waals surface area contributed by atoms with Crippen LogP contribution in [0.15, 0.2) is 53.5 Å². The minimum absolute atomic E-state index is 0. The number of para-hydroxylation sites is 1. The van der Waals surface area contributed by atoms with E-state index in [1.54, 1.807) is 0 Å². The zero-order valence-electron chi connectivity index (χ0n) is 17.8. The molecule has 0 fully saturated rings. The smallest absolute Gasteiger partial charge is 0.189 e. The molecule has 30 heavy (non-hydrogen) atoms. The molecule has 164 valence electrons. The van der Waals surface area contributed by atoms with Gasteiger partial charge in [-0.25, -0.2) is 4.99 Å². The molecular formula is C23H33IN4O2. The first-order chi connectivity index (χ1) is 14.2. The van der Waals surface area contributed by atoms with Gasteiger partial charge in [0.1, 0.15) is 18.1 Å². The van der Waals surface area contributed by atoms with Gasteiger partial charge in [-0.15, -0.1) is 24.0 Å². The molecule has 1 unspecified atom stereocenters. The number of nitrogens with zero attached hydrogens (tertiary/aromatic N) is 2. The van der Waals surface area contributed by atoms with Crippen molar-refractivity contribution in [3.8, 4) is 11.5 Å². The van der Waals surface area contributed by atoms with Crippen LogP contribution >= 0.6 is 24.0 Å². The lowest BCUT2D eigenvalue weighted by molar-refractivity contribution is 0.223. The molecule has 1 aliphatic rings. The SMILES string of the molecule is CCN(CC)CCOc1ccc(CN=C(N)NC2CCOc3ccccc32)cc1.I. The van der Waals surface area contributed by atoms with Gasteiger partial charge in [0.25, 0.3) is 0 Å². The van der Waals surface area contributed by atoms with Gasteiger partial charge < -0.3 is 25.4 Å². The standard InChI is InChI=1S/C23H32N4O2.HI/c1-3-27(4-2)14-16-28-19-11-9-18(10-12-19)17-25-23(24)26-21-13-15-29-22-8-6-5-7-20(21)22;/h5-12,21H,3-4,13-17H2,1-2H3,(H3,24,25,26);1H. The van der Waals surface area contributed by atoms with Crippen molar-refractivity contribution in [3.63, 3.8) is 0 Å². The highest BCUT2D eigenvalue weighted by atomic mass is 127. The maximum absolute atomic E-state index is 6.13. The van der Waals surface area contributed by atoms with E-state index in [2.05, 4.69) is 35.1 Å². The predicted molar refractivity (Wildman–Crippen MR) is 133 cm³/mol. The Bertz CT molecular complexity index is 794. The third-order valence-corrected chi connectivity index (χ3v) is 5.21. The number of likely N-dealkylation sites (N-methyl/N-ethyl adjacent to an activating group) is 1. The van der Waals surface area contributed by atoms with Gasteiger partial charge in [0.05, 0.1) is 19.2 Å². The quantitative estimate of drug-likeness (QED) is 0.295. The zero-order valence-corrected chi connectivity index (χ0v) is 20.2. The maximum atomic E-state index is 6.13. The Kier molecular flexibility index (Phi) is 10.2. The summed E-state index contributed by atoms with van der Waals surface area (Å²) in [6, 6.07) is 16.2. The van der Waals surface area contributed by atoms with Gasteiger partial charge in [-0.1, -0.05) is 44.2 Å². The highest BCUT2D eigenvalue weighted by molar-refractivity contribution is 14.0. The van der Waals surface area contributed by atoms with Gasteiger partial charge in [-0.2, -0.15) is 0 Å². The maximum Gasteiger partial charge on any atom is 0.189 e. The summed E-state index contributed by atoms with van der Waals surface area (Å²) in [4.78, 5) is 6.84. The van der Waals surface area contributed by atoms with Crippen molar-refractivity contribution < 1.29 is 9.47 Å². The van der Waals surface area contributed by atoms with E-state index in [9.17, 15) is 0 Å². The highest BCUT2D eigenvalue weighted by Crippen LogP contribution is 2.31. The average Bonchev–Trinajstić information content (AvgIpc) is 2.76. The third kappa shape index (κ3) is 7.05. The number of nitrogens with two attached hydrogens (primary N) is 1. The summed E-state index contributed by atoms with van der Waals surface area (Å²) in [5, 5.41) is 3.32. The fourth-order valence-electron chi connectivity index (χ4n) is 3.42. The first-order valence-corrected chi connectivity index (χ1v) is 10.4. The number of hydrogen-bond acceptors (Lipinski definition) is 4. The van der Waals surface area contributed by atoms with Crippen molar-refractivity contribution in [1.29, 1.82) is 0 Å². The van der Waals surface area contributed by atoms with E-state index in [0.717, 1.165) is 48.7 Å². The van der Waals surface area contributed by atoms with Gasteiger partial charge in [-0.05, 0) is 36.9 Å². The lowest BCUT2D eigenvalue weighted by Gasteiger charge is -2.26. The van der Waals surface area contributed by atoms with Gasteiger partial charge in [0, 0.05) is 18.5 Å². The van der Waals surface area contributed by atoms with Crippen LogP contribution in [0.5, 0.6) is 11.5 Å². The van der Waals surface area contributed by atoms with E-state index in [-0.39, 0.29) is 30.0 Å². The third-order valence-electron chi connectivity index (χ3n) is 5.21. The molecule has 0 saturated carbocycles. The first-order valence-electron chi connectivity index (χ1n) is 10.4. The van der Waals surface area contributed by atoms with E-state index in [0.29, 0.717) is 25.7 Å². The Hall–Kier alpha value is -2.00. The molecule has 1 aliphatic heterocycles. The van der Waals surface area contributed by atoms with Gasteiger partial charge in [-0.3, -0.25) is 0 Å². The second-order valence-electron chi connectivity index (χ2n) is 7.09. The molecule has 0 amide bonds. The summed E-state index contributed by atoms with van der Waals surface area (Å²) in [5.74, 6) is 2.25. The second-order valence-corrected chi connectivity index (χ2v) is 7.09. The van der Waals surface area contributed by atoms with Gasteiger partial charge in [0.15, 0.2) is 5.96 Å². The van der Waals surface area contributed by atoms with E-state index in [4.69, 9.17) is 15.2 Å². The summed E-state index contributed by atoms with van der Waals surface area (Å²) in [6.07, 6.45) is 0.868. The van der Waals surface area contributed by atoms with Crippen molar-refractivity contribution in [2.24, 2.45) is 10.7 Å². The largest absolute Gasteiger partial charge is 0.493 e. The number of guanidine groups is 1. The molecule has 0 spiro atoms. The Morgan fingerprint density at radius 2 is 1.90 bits per heavy atom. The molecule has 7 heteroatoms. The van der Waals surface area contributed by atoms with Crippen LogP contribution in [0.25, 0.3) is 0 Å². The van der Waals surface area contributed by atoms with Crippen LogP contribution in [0.4, 0.5) is 0 Å². The van der Waals surface area contributed by atoms with Crippen molar-refractivity contribution in [2.75, 3.05) is 32.8 Å². The minimum atomic E-state index is 0. The van der Waals surface area contributed by atoms with Crippen LogP contribution in [0.2, 0.25) is 0 Å². The Morgan fingerprint density at radius 1 is 1.17 bits per heavy atom. The van der Waals surface area contributed by atoms with Crippen molar-refractivity contribution >= 4 is 29.9 Å². The average molecular weight is 524 g/mol. The van der Waals surface area contributed by atoms with Crippen LogP contribution in [-0.2, 0) is 6.54 Å². The fourth-order valence-corrected chi connectivity index (χ4v) is 3.42. The van der Waals surface area contributed by atoms with Gasteiger partial charge in [0.2, 0.25) is 0 Å². The Labute approximate surface area is 196 Å². The number of rotatable bonds is 9. The van der Waals surface area contributed by atoms with Crippen molar-refractivity contribution in [1.82, 2.24) is 10.2 Å². The fraction of sp³-hybridized carbons (Fsp3) is 0.435. The number of hydrogen-bond donors (Lipinski definition) is 2. The van der Waals surface area contributed by atoms with E-state index < -0.39 is 0 Å². The van der Waals surface area contributed by atoms with E-state index in [1.165, 1.54) is 0 Å². The van der Waals surface area contributed by atoms with Crippen LogP contribution in [0.3, 0.4) is 0 Å². The number of halogens is 1. The van der Waals surface area contributed by atoms with Gasteiger partial charge >= 0.3 is 0 Å². The van der Waals surface area contributed by atoms with Crippen LogP contribution in [0.1, 0.15) is 37.4 Å². The number of aliphatic imine (C=N–C) groups is 1. The minimum Gasteiger partial charge on any atom is -0.493 e. The molecule has 1 atom stereocenters. The molecule has 2 aromatic rings. The topological polar surface area (TPSA) is 72.1 Å². The number of benzene rings is 2. The normalized spacial score (nSPS) is 15.7. The number of nitrogens with one attached hydrogen (secondary N) is 1. The molecule has 2 aromatic carbocycles. The summed E-state index contributed by atoms with van der Waals surface area (Å²) < 4.78 is 11.5. The van der Waals surface area contributed by atoms with Crippen LogP contribution in [0, 0.1) is 0 Å². The molecule has 0 radical (unpaired) electrons. The molecule has 3 rings (SSSR count). The van der Waals surface area contributed by atoms with Crippen molar-refractivity contribution in [2.45, 2.75) is 32.9 Å². The molecule has 0 aromatic heterocycles. The summed E-state index contributed by atoms with van der Waals surface area (Å²) in [5.41, 5.74) is 8.35. The molecule has 1 heterocycles. The van der Waals surface area contributed by atoms with E-state index in [1.807, 2.05) is 42.5 Å². The molecule has 6 nitrogen and oxygen atoms in total. The second kappa shape index (κ2) is 12.6. The molecular weight excluding hydrogens is 491 g/mol.